The lowest BCUT2D eigenvalue weighted by Gasteiger charge is -2.12. The summed E-state index contributed by atoms with van der Waals surface area (Å²) in [5, 5.41) is 0. The van der Waals surface area contributed by atoms with E-state index in [2.05, 4.69) is 40.6 Å². The minimum atomic E-state index is -0.454. The van der Waals surface area contributed by atoms with E-state index in [0.29, 0.717) is 34.1 Å². The molecular formula is C21H25BrN2O4. The van der Waals surface area contributed by atoms with Gasteiger partial charge in [0, 0.05) is 5.56 Å². The molecule has 7 heteroatoms. The molecule has 2 aromatic carbocycles. The van der Waals surface area contributed by atoms with E-state index in [-0.39, 0.29) is 6.61 Å². The Bertz CT molecular complexity index is 852. The summed E-state index contributed by atoms with van der Waals surface area (Å²) in [6.45, 7) is 8.40. The number of carbonyl (C=O) groups excluding carboxylic acids is 2. The van der Waals surface area contributed by atoms with Gasteiger partial charge < -0.3 is 9.47 Å². The van der Waals surface area contributed by atoms with Crippen LogP contribution in [0.5, 0.6) is 11.5 Å². The largest absolute Gasteiger partial charge is 0.492 e. The summed E-state index contributed by atoms with van der Waals surface area (Å²) in [5.74, 6) is 0.806. The van der Waals surface area contributed by atoms with Crippen LogP contribution in [0.4, 0.5) is 0 Å². The number of hydrazine groups is 1. The summed E-state index contributed by atoms with van der Waals surface area (Å²) in [4.78, 5) is 24.1. The highest BCUT2D eigenvalue weighted by molar-refractivity contribution is 9.10. The number of carbonyl (C=O) groups is 2. The molecule has 0 aliphatic carbocycles. The van der Waals surface area contributed by atoms with Crippen molar-refractivity contribution in [1.29, 1.82) is 0 Å². The molecular weight excluding hydrogens is 424 g/mol. The zero-order valence-electron chi connectivity index (χ0n) is 16.5. The lowest BCUT2D eigenvalue weighted by atomic mass is 10.1. The van der Waals surface area contributed by atoms with Crippen LogP contribution in [0.25, 0.3) is 0 Å². The molecule has 0 aromatic heterocycles. The third-order valence-corrected chi connectivity index (χ3v) is 4.39. The van der Waals surface area contributed by atoms with Gasteiger partial charge in [-0.15, -0.1) is 0 Å². The number of hydrogen-bond acceptors (Lipinski definition) is 4. The van der Waals surface area contributed by atoms with Crippen molar-refractivity contribution in [1.82, 2.24) is 10.9 Å². The van der Waals surface area contributed by atoms with Crippen LogP contribution in [0, 0.1) is 19.8 Å². The van der Waals surface area contributed by atoms with Gasteiger partial charge in [0.2, 0.25) is 0 Å². The van der Waals surface area contributed by atoms with E-state index in [0.717, 1.165) is 11.1 Å². The summed E-state index contributed by atoms with van der Waals surface area (Å²) in [5.41, 5.74) is 7.17. The molecule has 0 aliphatic rings. The van der Waals surface area contributed by atoms with Gasteiger partial charge in [0.05, 0.1) is 11.1 Å². The monoisotopic (exact) mass is 448 g/mol. The van der Waals surface area contributed by atoms with Crippen LogP contribution in [0.15, 0.2) is 40.9 Å². The number of amides is 2. The Hall–Kier alpha value is -2.54. The quantitative estimate of drug-likeness (QED) is 0.628. The summed E-state index contributed by atoms with van der Waals surface area (Å²) < 4.78 is 11.8. The molecule has 150 valence electrons. The third kappa shape index (κ3) is 6.56. The van der Waals surface area contributed by atoms with Gasteiger partial charge in [-0.1, -0.05) is 31.5 Å². The summed E-state index contributed by atoms with van der Waals surface area (Å²) in [7, 11) is 0. The average molecular weight is 449 g/mol. The van der Waals surface area contributed by atoms with Crippen LogP contribution in [-0.4, -0.2) is 25.0 Å². The van der Waals surface area contributed by atoms with E-state index in [4.69, 9.17) is 9.47 Å². The molecule has 0 saturated heterocycles. The van der Waals surface area contributed by atoms with E-state index < -0.39 is 11.8 Å². The first-order valence-electron chi connectivity index (χ1n) is 8.98. The number of aryl methyl sites for hydroxylation is 2. The summed E-state index contributed by atoms with van der Waals surface area (Å²) in [6, 6.07) is 10.7. The van der Waals surface area contributed by atoms with E-state index in [1.165, 1.54) is 0 Å². The first-order chi connectivity index (χ1) is 13.3. The molecule has 0 atom stereocenters. The maximum Gasteiger partial charge on any atom is 0.276 e. The number of hydrogen-bond donors (Lipinski definition) is 2. The van der Waals surface area contributed by atoms with Crippen molar-refractivity contribution in [3.63, 3.8) is 0 Å². The van der Waals surface area contributed by atoms with Crippen molar-refractivity contribution >= 4 is 27.7 Å². The smallest absolute Gasteiger partial charge is 0.276 e. The molecule has 2 rings (SSSR count). The van der Waals surface area contributed by atoms with E-state index in [1.54, 1.807) is 18.2 Å². The molecule has 0 fully saturated rings. The highest BCUT2D eigenvalue weighted by Crippen LogP contribution is 2.26. The lowest BCUT2D eigenvalue weighted by molar-refractivity contribution is -0.123. The molecule has 6 nitrogen and oxygen atoms in total. The average Bonchev–Trinajstić information content (AvgIpc) is 2.64. The molecule has 0 spiro atoms. The van der Waals surface area contributed by atoms with Gasteiger partial charge in [-0.05, 0) is 65.5 Å². The molecule has 2 N–H and O–H groups in total. The summed E-state index contributed by atoms with van der Waals surface area (Å²) >= 11 is 3.40. The fourth-order valence-corrected chi connectivity index (χ4v) is 2.85. The number of ether oxygens (including phenoxy) is 2. The van der Waals surface area contributed by atoms with E-state index >= 15 is 0 Å². The van der Waals surface area contributed by atoms with Crippen molar-refractivity contribution in [2.24, 2.45) is 5.92 Å². The van der Waals surface area contributed by atoms with Gasteiger partial charge in [0.25, 0.3) is 11.8 Å². The van der Waals surface area contributed by atoms with Gasteiger partial charge in [-0.3, -0.25) is 20.4 Å². The van der Waals surface area contributed by atoms with E-state index in [9.17, 15) is 9.59 Å². The van der Waals surface area contributed by atoms with Crippen LogP contribution < -0.4 is 20.3 Å². The van der Waals surface area contributed by atoms with Crippen LogP contribution in [0.2, 0.25) is 0 Å². The Balaban J connectivity index is 1.84. The topological polar surface area (TPSA) is 76.7 Å². The maximum absolute atomic E-state index is 12.2. The van der Waals surface area contributed by atoms with Crippen molar-refractivity contribution in [2.45, 2.75) is 27.7 Å². The molecule has 2 aromatic rings. The first kappa shape index (κ1) is 21.8. The van der Waals surface area contributed by atoms with Gasteiger partial charge in [0.1, 0.15) is 11.5 Å². The fraction of sp³-hybridized carbons (Fsp3) is 0.333. The molecule has 0 aliphatic heterocycles. The Morgan fingerprint density at radius 2 is 1.71 bits per heavy atom. The zero-order valence-corrected chi connectivity index (χ0v) is 18.1. The Morgan fingerprint density at radius 3 is 2.36 bits per heavy atom. The van der Waals surface area contributed by atoms with Crippen LogP contribution >= 0.6 is 15.9 Å². The van der Waals surface area contributed by atoms with Crippen LogP contribution in [0.3, 0.4) is 0 Å². The minimum absolute atomic E-state index is 0.199. The summed E-state index contributed by atoms with van der Waals surface area (Å²) in [6.07, 6.45) is 0. The first-order valence-corrected chi connectivity index (χ1v) is 9.77. The fourth-order valence-electron chi connectivity index (χ4n) is 2.35. The molecule has 28 heavy (non-hydrogen) atoms. The van der Waals surface area contributed by atoms with E-state index in [1.807, 2.05) is 32.0 Å². The number of benzene rings is 2. The predicted molar refractivity (Wildman–Crippen MR) is 111 cm³/mol. The second kappa shape index (κ2) is 10.1. The van der Waals surface area contributed by atoms with Gasteiger partial charge >= 0.3 is 0 Å². The molecule has 2 amide bonds. The molecule has 0 bridgehead atoms. The second-order valence-corrected chi connectivity index (χ2v) is 7.76. The normalized spacial score (nSPS) is 10.5. The van der Waals surface area contributed by atoms with Gasteiger partial charge in [0.15, 0.2) is 6.61 Å². The number of rotatable bonds is 7. The minimum Gasteiger partial charge on any atom is -0.492 e. The third-order valence-electron chi connectivity index (χ3n) is 3.77. The Kier molecular flexibility index (Phi) is 7.87. The second-order valence-electron chi connectivity index (χ2n) is 6.91. The van der Waals surface area contributed by atoms with Gasteiger partial charge in [-0.25, -0.2) is 0 Å². The van der Waals surface area contributed by atoms with Crippen LogP contribution in [0.1, 0.15) is 35.3 Å². The Morgan fingerprint density at radius 1 is 1.00 bits per heavy atom. The molecule has 0 heterocycles. The number of nitrogens with one attached hydrogen (secondary N) is 2. The van der Waals surface area contributed by atoms with Crippen molar-refractivity contribution in [3.8, 4) is 11.5 Å². The van der Waals surface area contributed by atoms with Gasteiger partial charge in [-0.2, -0.15) is 0 Å². The van der Waals surface area contributed by atoms with Crippen molar-refractivity contribution in [3.05, 3.63) is 57.6 Å². The standard InChI is InChI=1S/C21H25BrN2O4/c1-13(2)11-27-19-8-6-16(10-17(19)22)21(26)24-23-20(25)12-28-18-7-5-14(3)9-15(18)4/h5-10,13H,11-12H2,1-4H3,(H,23,25)(H,24,26). The highest BCUT2D eigenvalue weighted by Gasteiger charge is 2.11. The predicted octanol–water partition coefficient (Wildman–Crippen LogP) is 3.94. The van der Waals surface area contributed by atoms with Crippen molar-refractivity contribution < 1.29 is 19.1 Å². The van der Waals surface area contributed by atoms with Crippen molar-refractivity contribution in [2.75, 3.05) is 13.2 Å². The zero-order chi connectivity index (χ0) is 20.7. The lowest BCUT2D eigenvalue weighted by Crippen LogP contribution is -2.43. The SMILES string of the molecule is Cc1ccc(OCC(=O)NNC(=O)c2ccc(OCC(C)C)c(Br)c2)c(C)c1. The molecule has 0 saturated carbocycles. The number of halogens is 1. The Labute approximate surface area is 173 Å². The maximum atomic E-state index is 12.2. The highest BCUT2D eigenvalue weighted by atomic mass is 79.9. The molecule has 0 unspecified atom stereocenters. The molecule has 0 radical (unpaired) electrons. The van der Waals surface area contributed by atoms with Crippen LogP contribution in [-0.2, 0) is 4.79 Å².